The lowest BCUT2D eigenvalue weighted by Gasteiger charge is -2.09. The van der Waals surface area contributed by atoms with Crippen LogP contribution in [0.5, 0.6) is 0 Å². The van der Waals surface area contributed by atoms with Crippen LogP contribution >= 0.6 is 0 Å². The van der Waals surface area contributed by atoms with Gasteiger partial charge < -0.3 is 9.88 Å². The van der Waals surface area contributed by atoms with Gasteiger partial charge in [-0.3, -0.25) is 0 Å². The Balaban J connectivity index is 2.50. The van der Waals surface area contributed by atoms with Crippen LogP contribution in [-0.4, -0.2) is 24.0 Å². The van der Waals surface area contributed by atoms with Crippen molar-refractivity contribution < 1.29 is 13.2 Å². The fraction of sp³-hybridized carbons (Fsp3) is 0.333. The van der Waals surface area contributed by atoms with Gasteiger partial charge in [0.1, 0.15) is 0 Å². The Hall–Kier alpha value is -1.49. The summed E-state index contributed by atoms with van der Waals surface area (Å²) in [7, 11) is 3.76. The molecule has 2 rings (SSSR count). The fourth-order valence-corrected chi connectivity index (χ4v) is 1.83. The van der Waals surface area contributed by atoms with Crippen LogP contribution in [-0.2, 0) is 12.7 Å². The number of rotatable bonds is 2. The third kappa shape index (κ3) is 2.44. The number of aromatic nitrogens is 1. The van der Waals surface area contributed by atoms with Crippen LogP contribution in [0.2, 0.25) is 0 Å². The minimum absolute atomic E-state index is 0.607. The van der Waals surface area contributed by atoms with Crippen LogP contribution in [0.1, 0.15) is 11.1 Å². The van der Waals surface area contributed by atoms with E-state index in [-0.39, 0.29) is 0 Å². The summed E-state index contributed by atoms with van der Waals surface area (Å²) >= 11 is 0. The Labute approximate surface area is 97.0 Å². The number of hydrogen-bond acceptors (Lipinski definition) is 1. The SMILES string of the molecule is CN(C)Cc1c[nH]c2ccc(C(F)(F)F)cc12. The van der Waals surface area contributed by atoms with E-state index in [0.29, 0.717) is 11.9 Å². The monoisotopic (exact) mass is 242 g/mol. The van der Waals surface area contributed by atoms with Crippen molar-refractivity contribution in [3.8, 4) is 0 Å². The predicted molar refractivity (Wildman–Crippen MR) is 60.7 cm³/mol. The maximum Gasteiger partial charge on any atom is 0.416 e. The minimum atomic E-state index is -4.29. The van der Waals surface area contributed by atoms with E-state index in [4.69, 9.17) is 0 Å². The molecule has 0 aliphatic rings. The zero-order valence-corrected chi connectivity index (χ0v) is 9.60. The maximum atomic E-state index is 12.6. The van der Waals surface area contributed by atoms with Crippen molar-refractivity contribution in [2.24, 2.45) is 0 Å². The minimum Gasteiger partial charge on any atom is -0.361 e. The average molecular weight is 242 g/mol. The van der Waals surface area contributed by atoms with E-state index in [9.17, 15) is 13.2 Å². The molecule has 5 heteroatoms. The zero-order chi connectivity index (χ0) is 12.6. The average Bonchev–Trinajstić information content (AvgIpc) is 2.59. The molecule has 1 aromatic heterocycles. The molecule has 17 heavy (non-hydrogen) atoms. The number of nitrogens with one attached hydrogen (secondary N) is 1. The van der Waals surface area contributed by atoms with Crippen LogP contribution in [0.4, 0.5) is 13.2 Å². The van der Waals surface area contributed by atoms with Crippen molar-refractivity contribution in [2.45, 2.75) is 12.7 Å². The van der Waals surface area contributed by atoms with E-state index < -0.39 is 11.7 Å². The molecule has 0 aliphatic heterocycles. The summed E-state index contributed by atoms with van der Waals surface area (Å²) in [6.07, 6.45) is -2.54. The third-order valence-electron chi connectivity index (χ3n) is 2.58. The summed E-state index contributed by atoms with van der Waals surface area (Å²) in [6.45, 7) is 0.612. The van der Waals surface area contributed by atoms with Gasteiger partial charge in [-0.05, 0) is 37.9 Å². The second-order valence-electron chi connectivity index (χ2n) is 4.31. The van der Waals surface area contributed by atoms with E-state index in [1.54, 1.807) is 6.20 Å². The number of aromatic amines is 1. The van der Waals surface area contributed by atoms with Gasteiger partial charge in [0, 0.05) is 23.6 Å². The van der Waals surface area contributed by atoms with Gasteiger partial charge in [-0.25, -0.2) is 0 Å². The molecule has 1 N–H and O–H groups in total. The molecule has 2 aromatic rings. The van der Waals surface area contributed by atoms with E-state index in [0.717, 1.165) is 17.1 Å². The highest BCUT2D eigenvalue weighted by Crippen LogP contribution is 2.32. The molecule has 0 saturated carbocycles. The van der Waals surface area contributed by atoms with Gasteiger partial charge in [-0.15, -0.1) is 0 Å². The van der Waals surface area contributed by atoms with Gasteiger partial charge >= 0.3 is 6.18 Å². The van der Waals surface area contributed by atoms with Crippen LogP contribution in [0.25, 0.3) is 10.9 Å². The predicted octanol–water partition coefficient (Wildman–Crippen LogP) is 3.25. The molecule has 0 bridgehead atoms. The van der Waals surface area contributed by atoms with Crippen molar-refractivity contribution in [1.29, 1.82) is 0 Å². The second-order valence-corrected chi connectivity index (χ2v) is 4.31. The third-order valence-corrected chi connectivity index (χ3v) is 2.58. The molecular weight excluding hydrogens is 229 g/mol. The first-order valence-electron chi connectivity index (χ1n) is 5.20. The van der Waals surface area contributed by atoms with Crippen molar-refractivity contribution in [1.82, 2.24) is 9.88 Å². The second kappa shape index (κ2) is 4.07. The molecule has 0 unspecified atom stereocenters. The van der Waals surface area contributed by atoms with Crippen molar-refractivity contribution in [3.63, 3.8) is 0 Å². The summed E-state index contributed by atoms with van der Waals surface area (Å²) < 4.78 is 37.8. The van der Waals surface area contributed by atoms with Gasteiger partial charge in [0.05, 0.1) is 5.56 Å². The Morgan fingerprint density at radius 2 is 1.94 bits per heavy atom. The molecule has 2 nitrogen and oxygen atoms in total. The molecule has 1 aromatic carbocycles. The Morgan fingerprint density at radius 1 is 1.24 bits per heavy atom. The van der Waals surface area contributed by atoms with Gasteiger partial charge in [0.15, 0.2) is 0 Å². The van der Waals surface area contributed by atoms with E-state index in [2.05, 4.69) is 4.98 Å². The van der Waals surface area contributed by atoms with E-state index >= 15 is 0 Å². The number of H-pyrrole nitrogens is 1. The molecule has 1 heterocycles. The molecule has 0 spiro atoms. The van der Waals surface area contributed by atoms with Gasteiger partial charge in [0.2, 0.25) is 0 Å². The van der Waals surface area contributed by atoms with Gasteiger partial charge in [-0.2, -0.15) is 13.2 Å². The molecule has 0 radical (unpaired) electrons. The number of halogens is 3. The summed E-state index contributed by atoms with van der Waals surface area (Å²) in [4.78, 5) is 4.90. The zero-order valence-electron chi connectivity index (χ0n) is 9.60. The Morgan fingerprint density at radius 3 is 2.53 bits per heavy atom. The number of fused-ring (bicyclic) bond motifs is 1. The normalized spacial score (nSPS) is 12.6. The highest BCUT2D eigenvalue weighted by molar-refractivity contribution is 5.84. The summed E-state index contributed by atoms with van der Waals surface area (Å²) in [5.41, 5.74) is 0.996. The Bertz CT molecular complexity index is 526. The summed E-state index contributed by atoms with van der Waals surface area (Å²) in [5.74, 6) is 0. The molecule has 0 atom stereocenters. The van der Waals surface area contributed by atoms with E-state index in [1.807, 2.05) is 19.0 Å². The van der Waals surface area contributed by atoms with Gasteiger partial charge in [-0.1, -0.05) is 0 Å². The lowest BCUT2D eigenvalue weighted by molar-refractivity contribution is -0.137. The van der Waals surface area contributed by atoms with Crippen molar-refractivity contribution in [3.05, 3.63) is 35.5 Å². The first-order chi connectivity index (χ1) is 7.88. The Kier molecular flexibility index (Phi) is 2.87. The first-order valence-corrected chi connectivity index (χ1v) is 5.20. The number of hydrogen-bond donors (Lipinski definition) is 1. The molecule has 0 fully saturated rings. The highest BCUT2D eigenvalue weighted by atomic mass is 19.4. The highest BCUT2D eigenvalue weighted by Gasteiger charge is 2.30. The largest absolute Gasteiger partial charge is 0.416 e. The van der Waals surface area contributed by atoms with E-state index in [1.165, 1.54) is 12.1 Å². The number of alkyl halides is 3. The van der Waals surface area contributed by atoms with Crippen LogP contribution < -0.4 is 0 Å². The fourth-order valence-electron chi connectivity index (χ4n) is 1.83. The molecule has 0 saturated heterocycles. The summed E-state index contributed by atoms with van der Waals surface area (Å²) in [6, 6.07) is 3.76. The topological polar surface area (TPSA) is 19.0 Å². The van der Waals surface area contributed by atoms with Crippen molar-refractivity contribution >= 4 is 10.9 Å². The van der Waals surface area contributed by atoms with Crippen LogP contribution in [0.3, 0.4) is 0 Å². The van der Waals surface area contributed by atoms with Crippen LogP contribution in [0, 0.1) is 0 Å². The lowest BCUT2D eigenvalue weighted by Crippen LogP contribution is -2.10. The maximum absolute atomic E-state index is 12.6. The number of nitrogens with zero attached hydrogens (tertiary/aromatic N) is 1. The molecular formula is C12H13F3N2. The number of benzene rings is 1. The molecule has 0 aliphatic carbocycles. The lowest BCUT2D eigenvalue weighted by atomic mass is 10.1. The van der Waals surface area contributed by atoms with Crippen molar-refractivity contribution in [2.75, 3.05) is 14.1 Å². The summed E-state index contributed by atoms with van der Waals surface area (Å²) in [5, 5.41) is 0.633. The van der Waals surface area contributed by atoms with Crippen LogP contribution in [0.15, 0.2) is 24.4 Å². The first kappa shape index (κ1) is 12.0. The molecule has 0 amide bonds. The standard InChI is InChI=1S/C12H13F3N2/c1-17(2)7-8-6-16-11-4-3-9(5-10(8)11)12(13,14)15/h3-6,16H,7H2,1-2H3. The quantitative estimate of drug-likeness (QED) is 0.856. The molecule has 92 valence electrons. The smallest absolute Gasteiger partial charge is 0.361 e. The van der Waals surface area contributed by atoms with Gasteiger partial charge in [0.25, 0.3) is 0 Å².